The summed E-state index contributed by atoms with van der Waals surface area (Å²) in [7, 11) is 5.45. The lowest BCUT2D eigenvalue weighted by molar-refractivity contribution is 0.208. The molecule has 0 radical (unpaired) electrons. The first-order chi connectivity index (χ1) is 3.77. The van der Waals surface area contributed by atoms with Crippen molar-refractivity contribution in [3.05, 3.63) is 0 Å². The van der Waals surface area contributed by atoms with Gasteiger partial charge in [0.1, 0.15) is 6.73 Å². The lowest BCUT2D eigenvalue weighted by Crippen LogP contribution is -2.08. The molecule has 0 aromatic rings. The van der Waals surface area contributed by atoms with E-state index in [-0.39, 0.29) is 0 Å². The Morgan fingerprint density at radius 3 is 2.62 bits per heavy atom. The van der Waals surface area contributed by atoms with E-state index >= 15 is 0 Å². The molecule has 0 aromatic heterocycles. The van der Waals surface area contributed by atoms with Crippen molar-refractivity contribution in [1.82, 2.24) is 4.90 Å². The van der Waals surface area contributed by atoms with Gasteiger partial charge < -0.3 is 9.64 Å². The fourth-order valence-electron chi connectivity index (χ4n) is 0.271. The van der Waals surface area contributed by atoms with E-state index in [0.29, 0.717) is 6.73 Å². The Hall–Kier alpha value is -0.570. The molecule has 8 heavy (non-hydrogen) atoms. The first kappa shape index (κ1) is 7.43. The SMILES string of the molecule is COCN=CN(C)C. The van der Waals surface area contributed by atoms with Gasteiger partial charge in [0.25, 0.3) is 0 Å². The van der Waals surface area contributed by atoms with Crippen LogP contribution in [0.5, 0.6) is 0 Å². The lowest BCUT2D eigenvalue weighted by atomic mass is 10.9. The summed E-state index contributed by atoms with van der Waals surface area (Å²) in [5.74, 6) is 0. The summed E-state index contributed by atoms with van der Waals surface area (Å²) in [6, 6.07) is 0. The molecule has 0 spiro atoms. The molecule has 3 heteroatoms. The number of rotatable bonds is 3. The largest absolute Gasteiger partial charge is 0.369 e. The van der Waals surface area contributed by atoms with Gasteiger partial charge in [-0.25, -0.2) is 4.99 Å². The van der Waals surface area contributed by atoms with Crippen molar-refractivity contribution in [1.29, 1.82) is 0 Å². The van der Waals surface area contributed by atoms with Gasteiger partial charge in [0.2, 0.25) is 0 Å². The van der Waals surface area contributed by atoms with Crippen LogP contribution in [-0.2, 0) is 4.74 Å². The average Bonchev–Trinajstić information content (AvgIpc) is 1.66. The summed E-state index contributed by atoms with van der Waals surface area (Å²) in [5, 5.41) is 0. The van der Waals surface area contributed by atoms with Crippen LogP contribution in [0, 0.1) is 0 Å². The topological polar surface area (TPSA) is 24.8 Å². The normalized spacial score (nSPS) is 10.4. The zero-order valence-electron chi connectivity index (χ0n) is 5.59. The predicted molar refractivity (Wildman–Crippen MR) is 34.1 cm³/mol. The van der Waals surface area contributed by atoms with Crippen LogP contribution < -0.4 is 0 Å². The van der Waals surface area contributed by atoms with E-state index < -0.39 is 0 Å². The van der Waals surface area contributed by atoms with Gasteiger partial charge in [0.05, 0.1) is 6.34 Å². The van der Waals surface area contributed by atoms with Crippen molar-refractivity contribution in [3.8, 4) is 0 Å². The molecule has 0 atom stereocenters. The summed E-state index contributed by atoms with van der Waals surface area (Å²) >= 11 is 0. The highest BCUT2D eigenvalue weighted by molar-refractivity contribution is 5.53. The van der Waals surface area contributed by atoms with Crippen molar-refractivity contribution in [2.75, 3.05) is 27.9 Å². The van der Waals surface area contributed by atoms with Gasteiger partial charge in [-0.2, -0.15) is 0 Å². The van der Waals surface area contributed by atoms with Crippen molar-refractivity contribution in [2.24, 2.45) is 4.99 Å². The second-order valence-corrected chi connectivity index (χ2v) is 1.68. The maximum Gasteiger partial charge on any atom is 0.138 e. The molecule has 48 valence electrons. The third kappa shape index (κ3) is 5.43. The molecule has 0 aliphatic rings. The van der Waals surface area contributed by atoms with Gasteiger partial charge in [-0.1, -0.05) is 0 Å². The number of ether oxygens (including phenoxy) is 1. The van der Waals surface area contributed by atoms with Gasteiger partial charge in [-0.3, -0.25) is 0 Å². The number of hydrogen-bond donors (Lipinski definition) is 0. The van der Waals surface area contributed by atoms with Crippen LogP contribution in [0.1, 0.15) is 0 Å². The lowest BCUT2D eigenvalue weighted by Gasteiger charge is -2.00. The van der Waals surface area contributed by atoms with E-state index in [4.69, 9.17) is 0 Å². The third-order valence-corrected chi connectivity index (χ3v) is 0.516. The maximum absolute atomic E-state index is 4.67. The maximum atomic E-state index is 4.67. The van der Waals surface area contributed by atoms with Crippen molar-refractivity contribution in [2.45, 2.75) is 0 Å². The molecular weight excluding hydrogens is 104 g/mol. The summed E-state index contributed by atoms with van der Waals surface area (Å²) in [5.41, 5.74) is 0. The first-order valence-corrected chi connectivity index (χ1v) is 2.42. The molecule has 0 fully saturated rings. The Labute approximate surface area is 50.0 Å². The standard InChI is InChI=1S/C5H12N2O/c1-7(2)4-6-5-8-3/h4H,5H2,1-3H3. The van der Waals surface area contributed by atoms with Crippen molar-refractivity contribution < 1.29 is 4.74 Å². The van der Waals surface area contributed by atoms with Crippen LogP contribution in [-0.4, -0.2) is 39.2 Å². The van der Waals surface area contributed by atoms with E-state index in [0.717, 1.165) is 0 Å². The summed E-state index contributed by atoms with van der Waals surface area (Å²) in [6.07, 6.45) is 1.71. The van der Waals surface area contributed by atoms with Crippen LogP contribution in [0.3, 0.4) is 0 Å². The van der Waals surface area contributed by atoms with Crippen LogP contribution >= 0.6 is 0 Å². The minimum atomic E-state index is 0.443. The molecule has 0 aromatic carbocycles. The van der Waals surface area contributed by atoms with Gasteiger partial charge in [0.15, 0.2) is 0 Å². The molecule has 0 bridgehead atoms. The molecule has 0 rings (SSSR count). The fourth-order valence-corrected chi connectivity index (χ4v) is 0.271. The average molecular weight is 116 g/mol. The predicted octanol–water partition coefficient (Wildman–Crippen LogP) is 0.180. The molecule has 3 nitrogen and oxygen atoms in total. The molecular formula is C5H12N2O. The minimum Gasteiger partial charge on any atom is -0.369 e. The van der Waals surface area contributed by atoms with E-state index in [1.165, 1.54) is 0 Å². The molecule has 0 saturated carbocycles. The second-order valence-electron chi connectivity index (χ2n) is 1.68. The minimum absolute atomic E-state index is 0.443. The first-order valence-electron chi connectivity index (χ1n) is 2.42. The highest BCUT2D eigenvalue weighted by Crippen LogP contribution is 1.69. The smallest absolute Gasteiger partial charge is 0.138 e. The molecule has 0 unspecified atom stereocenters. The Morgan fingerprint density at radius 1 is 1.62 bits per heavy atom. The summed E-state index contributed by atoms with van der Waals surface area (Å²) < 4.78 is 4.67. The molecule has 0 heterocycles. The van der Waals surface area contributed by atoms with Crippen LogP contribution in [0.4, 0.5) is 0 Å². The molecule has 0 aliphatic carbocycles. The Kier molecular flexibility index (Phi) is 4.26. The fraction of sp³-hybridized carbons (Fsp3) is 0.800. The molecule has 0 saturated heterocycles. The van der Waals surface area contributed by atoms with E-state index in [2.05, 4.69) is 9.73 Å². The van der Waals surface area contributed by atoms with E-state index in [1.807, 2.05) is 19.0 Å². The monoisotopic (exact) mass is 116 g/mol. The van der Waals surface area contributed by atoms with Gasteiger partial charge in [-0.15, -0.1) is 0 Å². The highest BCUT2D eigenvalue weighted by Gasteiger charge is 1.73. The van der Waals surface area contributed by atoms with Gasteiger partial charge in [-0.05, 0) is 0 Å². The van der Waals surface area contributed by atoms with Crippen LogP contribution in [0.25, 0.3) is 0 Å². The summed E-state index contributed by atoms with van der Waals surface area (Å²) in [4.78, 5) is 5.73. The molecule has 0 aliphatic heterocycles. The summed E-state index contributed by atoms with van der Waals surface area (Å²) in [6.45, 7) is 0.443. The number of nitrogens with zero attached hydrogens (tertiary/aromatic N) is 2. The van der Waals surface area contributed by atoms with Gasteiger partial charge >= 0.3 is 0 Å². The number of hydrogen-bond acceptors (Lipinski definition) is 2. The van der Waals surface area contributed by atoms with Crippen molar-refractivity contribution >= 4 is 6.34 Å². The Balaban J connectivity index is 3.07. The Morgan fingerprint density at radius 2 is 2.25 bits per heavy atom. The quantitative estimate of drug-likeness (QED) is 0.388. The zero-order chi connectivity index (χ0) is 6.41. The number of aliphatic imine (C=N–C) groups is 1. The second kappa shape index (κ2) is 4.59. The number of methoxy groups -OCH3 is 1. The highest BCUT2D eigenvalue weighted by atomic mass is 16.5. The zero-order valence-corrected chi connectivity index (χ0v) is 5.59. The molecule has 0 amide bonds. The van der Waals surface area contributed by atoms with Crippen LogP contribution in [0.2, 0.25) is 0 Å². The van der Waals surface area contributed by atoms with Gasteiger partial charge in [0, 0.05) is 21.2 Å². The van der Waals surface area contributed by atoms with E-state index in [9.17, 15) is 0 Å². The van der Waals surface area contributed by atoms with Crippen LogP contribution in [0.15, 0.2) is 4.99 Å². The Bertz CT molecular complexity index is 70.8. The third-order valence-electron chi connectivity index (χ3n) is 0.516. The molecule has 0 N–H and O–H groups in total. The van der Waals surface area contributed by atoms with Crippen molar-refractivity contribution in [3.63, 3.8) is 0 Å². The van der Waals surface area contributed by atoms with E-state index in [1.54, 1.807) is 13.4 Å².